The Kier molecular flexibility index (Phi) is 7.40. The van der Waals surface area contributed by atoms with Crippen molar-refractivity contribution in [1.29, 1.82) is 0 Å². The summed E-state index contributed by atoms with van der Waals surface area (Å²) >= 11 is 0. The Hall–Kier alpha value is -3.19. The molecule has 33 heavy (non-hydrogen) atoms. The van der Waals surface area contributed by atoms with Crippen molar-refractivity contribution in [2.75, 3.05) is 47.5 Å². The van der Waals surface area contributed by atoms with Gasteiger partial charge in [0.15, 0.2) is 11.5 Å². The van der Waals surface area contributed by atoms with Crippen molar-refractivity contribution in [2.24, 2.45) is 0 Å². The molecule has 1 saturated heterocycles. The average molecular weight is 452 g/mol. The van der Waals surface area contributed by atoms with E-state index in [1.807, 2.05) is 23.1 Å². The molecule has 1 aliphatic rings. The quantitative estimate of drug-likeness (QED) is 0.535. The van der Waals surface area contributed by atoms with Crippen molar-refractivity contribution >= 4 is 16.8 Å². The molecule has 0 aliphatic carbocycles. The molecular formula is C26H33N3O4. The molecule has 1 N–H and O–H groups in total. The summed E-state index contributed by atoms with van der Waals surface area (Å²) in [6.45, 7) is 3.92. The Balaban J connectivity index is 1.27. The van der Waals surface area contributed by atoms with Crippen molar-refractivity contribution in [1.82, 2.24) is 14.8 Å². The van der Waals surface area contributed by atoms with Gasteiger partial charge in [0.1, 0.15) is 0 Å². The molecule has 2 heterocycles. The molecule has 176 valence electrons. The first kappa shape index (κ1) is 23.0. The second kappa shape index (κ2) is 10.6. The lowest BCUT2D eigenvalue weighted by Crippen LogP contribution is -2.48. The van der Waals surface area contributed by atoms with Gasteiger partial charge in [0.25, 0.3) is 0 Å². The Morgan fingerprint density at radius 1 is 0.909 bits per heavy atom. The third kappa shape index (κ3) is 5.09. The van der Waals surface area contributed by atoms with E-state index in [-0.39, 0.29) is 5.91 Å². The molecule has 0 saturated carbocycles. The molecule has 0 bridgehead atoms. The topological polar surface area (TPSA) is 67.0 Å². The summed E-state index contributed by atoms with van der Waals surface area (Å²) in [6, 6.07) is 12.2. The first-order chi connectivity index (χ1) is 16.1. The summed E-state index contributed by atoms with van der Waals surface area (Å²) < 4.78 is 16.5. The molecule has 7 nitrogen and oxygen atoms in total. The standard InChI is InChI=1S/C26H33N3O4/c1-31-23-12-11-20(25(32-2)26(23)33-3)18-28-13-15-29(16-14-28)24(30)10-6-7-19-17-27-22-9-5-4-8-21(19)22/h4-5,8-9,11-12,17,27H,6-7,10,13-16,18H2,1-3H3. The number of aromatic nitrogens is 1. The number of carbonyl (C=O) groups is 1. The van der Waals surface area contributed by atoms with Crippen LogP contribution in [0.4, 0.5) is 0 Å². The van der Waals surface area contributed by atoms with Crippen LogP contribution in [0.25, 0.3) is 10.9 Å². The number of piperazine rings is 1. The number of aryl methyl sites for hydroxylation is 1. The van der Waals surface area contributed by atoms with E-state index >= 15 is 0 Å². The van der Waals surface area contributed by atoms with Crippen molar-refractivity contribution < 1.29 is 19.0 Å². The van der Waals surface area contributed by atoms with Crippen molar-refractivity contribution in [3.63, 3.8) is 0 Å². The number of nitrogens with one attached hydrogen (secondary N) is 1. The summed E-state index contributed by atoms with van der Waals surface area (Å²) in [4.78, 5) is 20.4. The number of hydrogen-bond acceptors (Lipinski definition) is 5. The number of H-pyrrole nitrogens is 1. The number of aromatic amines is 1. The van der Waals surface area contributed by atoms with Gasteiger partial charge in [-0.15, -0.1) is 0 Å². The van der Waals surface area contributed by atoms with E-state index < -0.39 is 0 Å². The first-order valence-electron chi connectivity index (χ1n) is 11.5. The molecular weight excluding hydrogens is 418 g/mol. The number of para-hydroxylation sites is 1. The third-order valence-corrected chi connectivity index (χ3v) is 6.42. The number of nitrogens with zero attached hydrogens (tertiary/aromatic N) is 2. The van der Waals surface area contributed by atoms with Gasteiger partial charge in [-0.2, -0.15) is 0 Å². The van der Waals surface area contributed by atoms with E-state index in [1.54, 1.807) is 21.3 Å². The fourth-order valence-electron chi connectivity index (χ4n) is 4.61. The van der Waals surface area contributed by atoms with E-state index in [9.17, 15) is 4.79 Å². The second-order valence-electron chi connectivity index (χ2n) is 8.36. The maximum absolute atomic E-state index is 12.8. The zero-order valence-electron chi connectivity index (χ0n) is 19.7. The third-order valence-electron chi connectivity index (χ3n) is 6.42. The average Bonchev–Trinajstić information content (AvgIpc) is 3.27. The zero-order valence-corrected chi connectivity index (χ0v) is 19.7. The lowest BCUT2D eigenvalue weighted by molar-refractivity contribution is -0.133. The first-order valence-corrected chi connectivity index (χ1v) is 11.5. The molecule has 2 aromatic carbocycles. The number of ether oxygens (including phenoxy) is 3. The predicted molar refractivity (Wildman–Crippen MR) is 129 cm³/mol. The monoisotopic (exact) mass is 451 g/mol. The van der Waals surface area contributed by atoms with Crippen LogP contribution in [0.3, 0.4) is 0 Å². The smallest absolute Gasteiger partial charge is 0.222 e. The lowest BCUT2D eigenvalue weighted by atomic mass is 10.1. The van der Waals surface area contributed by atoms with Crippen LogP contribution in [-0.2, 0) is 17.8 Å². The van der Waals surface area contributed by atoms with E-state index in [4.69, 9.17) is 14.2 Å². The van der Waals surface area contributed by atoms with Gasteiger partial charge in [-0.05, 0) is 30.5 Å². The molecule has 1 amide bonds. The molecule has 0 radical (unpaired) electrons. The number of hydrogen-bond donors (Lipinski definition) is 1. The fraction of sp³-hybridized carbons (Fsp3) is 0.423. The Labute approximate surface area is 195 Å². The highest BCUT2D eigenvalue weighted by molar-refractivity contribution is 5.83. The molecule has 3 aromatic rings. The van der Waals surface area contributed by atoms with Crippen LogP contribution >= 0.6 is 0 Å². The molecule has 1 aliphatic heterocycles. The van der Waals surface area contributed by atoms with Gasteiger partial charge in [-0.1, -0.05) is 24.3 Å². The van der Waals surface area contributed by atoms with Crippen molar-refractivity contribution in [3.05, 3.63) is 53.7 Å². The molecule has 0 unspecified atom stereocenters. The highest BCUT2D eigenvalue weighted by Gasteiger charge is 2.23. The summed E-state index contributed by atoms with van der Waals surface area (Å²) in [5.41, 5.74) is 3.49. The van der Waals surface area contributed by atoms with Crippen LogP contribution in [0, 0.1) is 0 Å². The van der Waals surface area contributed by atoms with Crippen LogP contribution in [0.15, 0.2) is 42.6 Å². The Morgan fingerprint density at radius 3 is 2.39 bits per heavy atom. The van der Waals surface area contributed by atoms with E-state index in [0.717, 1.165) is 56.6 Å². The lowest BCUT2D eigenvalue weighted by Gasteiger charge is -2.35. The molecule has 0 spiro atoms. The largest absolute Gasteiger partial charge is 0.493 e. The summed E-state index contributed by atoms with van der Waals surface area (Å²) in [5.74, 6) is 2.22. The highest BCUT2D eigenvalue weighted by atomic mass is 16.5. The van der Waals surface area contributed by atoms with Crippen molar-refractivity contribution in [2.45, 2.75) is 25.8 Å². The normalized spacial score (nSPS) is 14.5. The molecule has 4 rings (SSSR count). The SMILES string of the molecule is COc1ccc(CN2CCN(C(=O)CCCc3c[nH]c4ccccc34)CC2)c(OC)c1OC. The van der Waals surface area contributed by atoms with Crippen LogP contribution < -0.4 is 14.2 Å². The maximum atomic E-state index is 12.8. The van der Waals surface area contributed by atoms with Gasteiger partial charge in [0, 0.05) is 61.8 Å². The minimum Gasteiger partial charge on any atom is -0.493 e. The van der Waals surface area contributed by atoms with Gasteiger partial charge in [-0.3, -0.25) is 9.69 Å². The van der Waals surface area contributed by atoms with Crippen LogP contribution in [0.2, 0.25) is 0 Å². The Morgan fingerprint density at radius 2 is 1.67 bits per heavy atom. The summed E-state index contributed by atoms with van der Waals surface area (Å²) in [7, 11) is 4.88. The molecule has 0 atom stereocenters. The van der Waals surface area contributed by atoms with Gasteiger partial charge < -0.3 is 24.1 Å². The summed E-state index contributed by atoms with van der Waals surface area (Å²) in [6.07, 6.45) is 4.43. The van der Waals surface area contributed by atoms with Crippen LogP contribution in [0.1, 0.15) is 24.0 Å². The van der Waals surface area contributed by atoms with Crippen molar-refractivity contribution in [3.8, 4) is 17.2 Å². The number of carbonyl (C=O) groups excluding carboxylic acids is 1. The molecule has 7 heteroatoms. The second-order valence-corrected chi connectivity index (χ2v) is 8.36. The number of rotatable bonds is 9. The van der Waals surface area contributed by atoms with Gasteiger partial charge in [0.05, 0.1) is 21.3 Å². The molecule has 1 fully saturated rings. The fourth-order valence-corrected chi connectivity index (χ4v) is 4.61. The number of amides is 1. The van der Waals surface area contributed by atoms with Crippen LogP contribution in [-0.4, -0.2) is 68.2 Å². The predicted octanol–water partition coefficient (Wildman–Crippen LogP) is 3.86. The highest BCUT2D eigenvalue weighted by Crippen LogP contribution is 2.40. The minimum atomic E-state index is 0.248. The zero-order chi connectivity index (χ0) is 23.2. The van der Waals surface area contributed by atoms with Gasteiger partial charge in [-0.25, -0.2) is 0 Å². The maximum Gasteiger partial charge on any atom is 0.222 e. The number of methoxy groups -OCH3 is 3. The number of fused-ring (bicyclic) bond motifs is 1. The van der Waals surface area contributed by atoms with E-state index in [2.05, 4.69) is 34.3 Å². The minimum absolute atomic E-state index is 0.248. The van der Waals surface area contributed by atoms with Gasteiger partial charge >= 0.3 is 0 Å². The Bertz CT molecular complexity index is 1090. The van der Waals surface area contributed by atoms with Crippen LogP contribution in [0.5, 0.6) is 17.2 Å². The number of benzene rings is 2. The molecule has 1 aromatic heterocycles. The van der Waals surface area contributed by atoms with E-state index in [1.165, 1.54) is 10.9 Å². The summed E-state index contributed by atoms with van der Waals surface area (Å²) in [5, 5.41) is 1.25. The van der Waals surface area contributed by atoms with E-state index in [0.29, 0.717) is 23.7 Å². The van der Waals surface area contributed by atoms with Gasteiger partial charge in [0.2, 0.25) is 11.7 Å².